The maximum atomic E-state index is 12.9. The number of aliphatic carboxylic acids is 1. The molecule has 9 nitrogen and oxygen atoms in total. The maximum absolute atomic E-state index is 12.9. The Labute approximate surface area is 522 Å². The van der Waals surface area contributed by atoms with Gasteiger partial charge in [-0.3, -0.25) is 9.59 Å². The van der Waals surface area contributed by atoms with E-state index in [1.165, 1.54) is 122 Å². The number of likely N-dealkylation sites (N-methyl/N-ethyl adjacent to an activating group) is 1. The summed E-state index contributed by atoms with van der Waals surface area (Å²) in [6, 6.07) is 0. The van der Waals surface area contributed by atoms with Gasteiger partial charge in [-0.15, -0.1) is 0 Å². The highest BCUT2D eigenvalue weighted by molar-refractivity contribution is 5.71. The van der Waals surface area contributed by atoms with Crippen LogP contribution in [0.15, 0.2) is 134 Å². The molecule has 85 heavy (non-hydrogen) atoms. The van der Waals surface area contributed by atoms with Gasteiger partial charge in [0.2, 0.25) is 0 Å². The Bertz CT molecular complexity index is 1860. The Morgan fingerprint density at radius 1 is 0.353 bits per heavy atom. The Morgan fingerprint density at radius 2 is 0.635 bits per heavy atom. The molecule has 2 atom stereocenters. The summed E-state index contributed by atoms with van der Waals surface area (Å²) in [5, 5.41) is 9.74. The lowest BCUT2D eigenvalue weighted by atomic mass is 10.0. The summed E-state index contributed by atoms with van der Waals surface area (Å²) in [6.45, 7) is 4.65. The first kappa shape index (κ1) is 80.4. The first-order valence-electron chi connectivity index (χ1n) is 34.3. The summed E-state index contributed by atoms with van der Waals surface area (Å²) >= 11 is 0. The molecule has 0 saturated heterocycles. The lowest BCUT2D eigenvalue weighted by molar-refractivity contribution is -0.870. The molecule has 0 aromatic heterocycles. The molecule has 9 heteroatoms. The normalized spacial score (nSPS) is 13.6. The lowest BCUT2D eigenvalue weighted by Gasteiger charge is -2.25. The van der Waals surface area contributed by atoms with E-state index in [-0.39, 0.29) is 38.6 Å². The molecule has 0 fully saturated rings. The summed E-state index contributed by atoms with van der Waals surface area (Å²) in [6.07, 6.45) is 91.3. The highest BCUT2D eigenvalue weighted by Gasteiger charge is 2.25. The van der Waals surface area contributed by atoms with Crippen molar-refractivity contribution in [2.24, 2.45) is 0 Å². The molecule has 0 aliphatic rings. The van der Waals surface area contributed by atoms with Gasteiger partial charge in [-0.25, -0.2) is 4.79 Å². The lowest BCUT2D eigenvalue weighted by Crippen LogP contribution is -2.40. The molecule has 0 bridgehead atoms. The summed E-state index contributed by atoms with van der Waals surface area (Å²) in [5.74, 6) is -2.02. The van der Waals surface area contributed by atoms with Gasteiger partial charge in [0.1, 0.15) is 13.2 Å². The molecule has 0 aromatic rings. The number of quaternary nitrogens is 1. The zero-order chi connectivity index (χ0) is 61.9. The molecular formula is C76H128NO8+. The van der Waals surface area contributed by atoms with Crippen LogP contribution < -0.4 is 0 Å². The maximum Gasteiger partial charge on any atom is 0.361 e. The first-order chi connectivity index (χ1) is 41.6. The number of hydrogen-bond acceptors (Lipinski definition) is 7. The topological polar surface area (TPSA) is 108 Å². The van der Waals surface area contributed by atoms with Crippen LogP contribution in [-0.2, 0) is 33.3 Å². The zero-order valence-corrected chi connectivity index (χ0v) is 55.2. The van der Waals surface area contributed by atoms with Crippen molar-refractivity contribution in [2.45, 2.75) is 283 Å². The Balaban J connectivity index is 4.09. The zero-order valence-electron chi connectivity index (χ0n) is 55.2. The van der Waals surface area contributed by atoms with Gasteiger partial charge in [0.15, 0.2) is 6.10 Å². The average Bonchev–Trinajstić information content (AvgIpc) is 3.49. The molecule has 0 amide bonds. The number of esters is 2. The fourth-order valence-electron chi connectivity index (χ4n) is 9.22. The predicted molar refractivity (Wildman–Crippen MR) is 364 cm³/mol. The molecule has 1 N–H and O–H groups in total. The molecule has 2 unspecified atom stereocenters. The summed E-state index contributed by atoms with van der Waals surface area (Å²) in [4.78, 5) is 37.6. The number of carbonyl (C=O) groups is 3. The van der Waals surface area contributed by atoms with E-state index in [0.29, 0.717) is 17.4 Å². The Kier molecular flexibility index (Phi) is 61.9. The van der Waals surface area contributed by atoms with Crippen molar-refractivity contribution in [3.8, 4) is 0 Å². The quantitative estimate of drug-likeness (QED) is 0.0211. The largest absolute Gasteiger partial charge is 0.477 e. The third-order valence-electron chi connectivity index (χ3n) is 14.4. The first-order valence-corrected chi connectivity index (χ1v) is 34.3. The molecule has 0 radical (unpaired) electrons. The van der Waals surface area contributed by atoms with Crippen molar-refractivity contribution >= 4 is 17.9 Å². The van der Waals surface area contributed by atoms with Gasteiger partial charge >= 0.3 is 17.9 Å². The average molecular weight is 1180 g/mol. The summed E-state index contributed by atoms with van der Waals surface area (Å²) in [7, 11) is 5.97. The highest BCUT2D eigenvalue weighted by Crippen LogP contribution is 2.17. The van der Waals surface area contributed by atoms with Crippen LogP contribution in [0.2, 0.25) is 0 Å². The van der Waals surface area contributed by atoms with Gasteiger partial charge in [0.05, 0.1) is 34.4 Å². The Hall–Kier alpha value is -4.57. The molecule has 484 valence electrons. The van der Waals surface area contributed by atoms with Gasteiger partial charge in [-0.1, -0.05) is 282 Å². The van der Waals surface area contributed by atoms with Crippen LogP contribution in [0, 0.1) is 0 Å². The van der Waals surface area contributed by atoms with Crippen LogP contribution in [0.25, 0.3) is 0 Å². The minimum Gasteiger partial charge on any atom is -0.477 e. The van der Waals surface area contributed by atoms with Gasteiger partial charge in [0.25, 0.3) is 6.29 Å². The monoisotopic (exact) mass is 1180 g/mol. The minimum absolute atomic E-state index is 0.181. The molecular weight excluding hydrogens is 1050 g/mol. The number of carboxylic acids is 1. The number of allylic oxidation sites excluding steroid dienone is 22. The third-order valence-corrected chi connectivity index (χ3v) is 14.4. The third kappa shape index (κ3) is 66.8. The number of unbranched alkanes of at least 4 members (excludes halogenated alkanes) is 25. The van der Waals surface area contributed by atoms with E-state index in [9.17, 15) is 19.5 Å². The van der Waals surface area contributed by atoms with Crippen molar-refractivity contribution in [2.75, 3.05) is 47.5 Å². The smallest absolute Gasteiger partial charge is 0.361 e. The van der Waals surface area contributed by atoms with Crippen LogP contribution in [0.5, 0.6) is 0 Å². The van der Waals surface area contributed by atoms with E-state index in [1.54, 1.807) is 0 Å². The Morgan fingerprint density at radius 3 is 0.941 bits per heavy atom. The predicted octanol–water partition coefficient (Wildman–Crippen LogP) is 21.4. The second-order valence-electron chi connectivity index (χ2n) is 23.7. The number of carbonyl (C=O) groups excluding carboxylic acids is 2. The SMILES string of the molecule is CC/C=C\C/C=C\C/C=C\C/C=C\C/C=C\C/C=C\C/C=C\CCCCCCCCCCCCCCCCCCCC(=O)OC(COC(=O)CCCCCCCCCC/C=C\C/C=C\C/C=C\C/C=C\CC)COC(OCC[N+](C)(C)C)C(=O)O. The van der Waals surface area contributed by atoms with E-state index in [1.807, 2.05) is 21.1 Å². The second-order valence-corrected chi connectivity index (χ2v) is 23.7. The molecule has 0 spiro atoms. The standard InChI is InChI=1S/C76H127NO8/c1-6-8-10-12-14-16-18-20-22-24-26-28-29-30-31-32-33-34-35-36-37-38-39-40-41-42-43-44-45-47-49-51-53-55-57-59-61-63-65-67-74(79)85-72(71-84-76(75(80)81)82-69-68-77(3,4)5)70-83-73(78)66-64-62-60-58-56-54-52-50-48-46-27-25-23-21-19-17-15-13-11-9-7-2/h8-11,14-17,20-23,26-28,30-31,33-34,36-37,46,72,76H,6-7,12-13,18-19,24-25,29,32,35,38-45,47-71H2,1-5H3/p+1/b10-8-,11-9-,16-14-,17-15-,22-20-,23-21-,28-26-,31-30-,34-33-,37-36-,46-27-. The van der Waals surface area contributed by atoms with Crippen LogP contribution in [-0.4, -0.2) is 87.4 Å². The van der Waals surface area contributed by atoms with Gasteiger partial charge in [-0.2, -0.15) is 0 Å². The number of ether oxygens (including phenoxy) is 4. The number of carboxylic acid groups (broad SMARTS) is 1. The molecule has 0 rings (SSSR count). The van der Waals surface area contributed by atoms with E-state index in [2.05, 4.69) is 148 Å². The summed E-state index contributed by atoms with van der Waals surface area (Å²) in [5.41, 5.74) is 0. The van der Waals surface area contributed by atoms with E-state index >= 15 is 0 Å². The molecule has 0 aromatic carbocycles. The summed E-state index contributed by atoms with van der Waals surface area (Å²) < 4.78 is 22.9. The molecule has 0 saturated carbocycles. The van der Waals surface area contributed by atoms with Crippen LogP contribution in [0.1, 0.15) is 271 Å². The van der Waals surface area contributed by atoms with Crippen molar-refractivity contribution in [3.05, 3.63) is 134 Å². The van der Waals surface area contributed by atoms with E-state index < -0.39 is 24.3 Å². The van der Waals surface area contributed by atoms with Gasteiger partial charge in [-0.05, 0) is 109 Å². The van der Waals surface area contributed by atoms with Crippen molar-refractivity contribution in [3.63, 3.8) is 0 Å². The van der Waals surface area contributed by atoms with Gasteiger partial charge in [0, 0.05) is 12.8 Å². The minimum atomic E-state index is -1.52. The van der Waals surface area contributed by atoms with Crippen molar-refractivity contribution in [1.82, 2.24) is 0 Å². The number of hydrogen-bond donors (Lipinski definition) is 1. The van der Waals surface area contributed by atoms with Crippen molar-refractivity contribution < 1.29 is 42.9 Å². The van der Waals surface area contributed by atoms with Crippen molar-refractivity contribution in [1.29, 1.82) is 0 Å². The molecule has 0 aliphatic heterocycles. The highest BCUT2D eigenvalue weighted by atomic mass is 16.7. The van der Waals surface area contributed by atoms with Crippen LogP contribution in [0.4, 0.5) is 0 Å². The van der Waals surface area contributed by atoms with E-state index in [0.717, 1.165) is 116 Å². The number of nitrogens with zero attached hydrogens (tertiary/aromatic N) is 1. The molecule has 0 aliphatic carbocycles. The van der Waals surface area contributed by atoms with E-state index in [4.69, 9.17) is 18.9 Å². The number of rotatable bonds is 62. The van der Waals surface area contributed by atoms with Gasteiger partial charge < -0.3 is 28.5 Å². The molecule has 0 heterocycles. The van der Waals surface area contributed by atoms with Crippen LogP contribution >= 0.6 is 0 Å². The van der Waals surface area contributed by atoms with Crippen LogP contribution in [0.3, 0.4) is 0 Å². The second kappa shape index (κ2) is 65.4. The fourth-order valence-corrected chi connectivity index (χ4v) is 9.22. The fraction of sp³-hybridized carbons (Fsp3) is 0.671.